The Hall–Kier alpha value is -4.56. The van der Waals surface area contributed by atoms with Gasteiger partial charge in [-0.05, 0) is 110 Å². The van der Waals surface area contributed by atoms with Crippen LogP contribution in [-0.2, 0) is 22.6 Å². The molecule has 1 aliphatic rings. The van der Waals surface area contributed by atoms with E-state index >= 15 is 0 Å². The number of carbonyl (C=O) groups excluding carboxylic acids is 2. The van der Waals surface area contributed by atoms with Gasteiger partial charge in [0.2, 0.25) is 0 Å². The monoisotopic (exact) mass is 553 g/mol. The van der Waals surface area contributed by atoms with Crippen LogP contribution in [0.3, 0.4) is 0 Å². The molecule has 4 aromatic rings. The van der Waals surface area contributed by atoms with Gasteiger partial charge in [0.1, 0.15) is 23.7 Å². The van der Waals surface area contributed by atoms with Gasteiger partial charge in [-0.25, -0.2) is 4.39 Å². The van der Waals surface area contributed by atoms with Crippen LogP contribution in [0.1, 0.15) is 35.0 Å². The van der Waals surface area contributed by atoms with E-state index in [1.54, 1.807) is 18.2 Å². The van der Waals surface area contributed by atoms with Crippen LogP contribution >= 0.6 is 12.2 Å². The van der Waals surface area contributed by atoms with Crippen molar-refractivity contribution in [2.75, 3.05) is 4.90 Å². The highest BCUT2D eigenvalue weighted by molar-refractivity contribution is 7.80. The predicted octanol–water partition coefficient (Wildman–Crippen LogP) is 6.21. The smallest absolute Gasteiger partial charge is 0.270 e. The van der Waals surface area contributed by atoms with Crippen molar-refractivity contribution in [2.24, 2.45) is 0 Å². The second-order valence-electron chi connectivity index (χ2n) is 9.55. The second kappa shape index (κ2) is 11.3. The van der Waals surface area contributed by atoms with Gasteiger partial charge in [0.15, 0.2) is 5.11 Å². The zero-order valence-electron chi connectivity index (χ0n) is 22.4. The number of rotatable bonds is 7. The van der Waals surface area contributed by atoms with Crippen LogP contribution in [-0.4, -0.2) is 21.5 Å². The maximum atomic E-state index is 13.5. The fourth-order valence-electron chi connectivity index (χ4n) is 4.70. The van der Waals surface area contributed by atoms with Crippen molar-refractivity contribution >= 4 is 40.9 Å². The maximum absolute atomic E-state index is 13.5. The Balaban J connectivity index is 1.38. The first-order valence-electron chi connectivity index (χ1n) is 12.9. The third-order valence-electron chi connectivity index (χ3n) is 6.89. The highest BCUT2D eigenvalue weighted by Gasteiger charge is 2.34. The molecular weight excluding hydrogens is 525 g/mol. The molecule has 3 aromatic carbocycles. The average Bonchev–Trinajstić information content (AvgIpc) is 3.23. The lowest BCUT2D eigenvalue weighted by Crippen LogP contribution is -2.54. The molecule has 1 N–H and O–H groups in total. The first-order chi connectivity index (χ1) is 19.2. The zero-order chi connectivity index (χ0) is 28.4. The summed E-state index contributed by atoms with van der Waals surface area (Å²) in [6.07, 6.45) is 2.49. The summed E-state index contributed by atoms with van der Waals surface area (Å²) in [7, 11) is 0. The van der Waals surface area contributed by atoms with Crippen LogP contribution in [0, 0.1) is 19.7 Å². The molecule has 0 saturated carbocycles. The number of carbonyl (C=O) groups is 2. The lowest BCUT2D eigenvalue weighted by atomic mass is 10.1. The summed E-state index contributed by atoms with van der Waals surface area (Å²) >= 11 is 5.34. The summed E-state index contributed by atoms with van der Waals surface area (Å²) in [6.45, 7) is 6.29. The number of amides is 2. The van der Waals surface area contributed by atoms with Gasteiger partial charge in [-0.1, -0.05) is 31.2 Å². The Morgan fingerprint density at radius 2 is 1.52 bits per heavy atom. The molecule has 0 unspecified atom stereocenters. The quantitative estimate of drug-likeness (QED) is 0.168. The molecule has 6 nitrogen and oxygen atoms in total. The van der Waals surface area contributed by atoms with Crippen molar-refractivity contribution in [1.29, 1.82) is 0 Å². The van der Waals surface area contributed by atoms with E-state index in [0.717, 1.165) is 40.2 Å². The maximum Gasteiger partial charge on any atom is 0.270 e. The zero-order valence-corrected chi connectivity index (χ0v) is 23.2. The van der Waals surface area contributed by atoms with E-state index < -0.39 is 11.8 Å². The van der Waals surface area contributed by atoms with Gasteiger partial charge in [-0.15, -0.1) is 0 Å². The summed E-state index contributed by atoms with van der Waals surface area (Å²) in [4.78, 5) is 27.7. The summed E-state index contributed by atoms with van der Waals surface area (Å²) < 4.78 is 21.0. The minimum Gasteiger partial charge on any atom is -0.489 e. The molecule has 1 aliphatic heterocycles. The summed E-state index contributed by atoms with van der Waals surface area (Å²) in [5, 5.41) is 2.71. The largest absolute Gasteiger partial charge is 0.489 e. The Kier molecular flexibility index (Phi) is 7.62. The summed E-state index contributed by atoms with van der Waals surface area (Å²) in [5.74, 6) is -0.587. The van der Waals surface area contributed by atoms with Gasteiger partial charge in [0.25, 0.3) is 11.8 Å². The van der Waals surface area contributed by atoms with Crippen LogP contribution in [0.15, 0.2) is 84.4 Å². The lowest BCUT2D eigenvalue weighted by molar-refractivity contribution is -0.122. The summed E-state index contributed by atoms with van der Waals surface area (Å²) in [5.41, 5.74) is 6.10. The molecule has 8 heteroatoms. The second-order valence-corrected chi connectivity index (χ2v) is 9.94. The third-order valence-corrected chi connectivity index (χ3v) is 7.17. The minimum atomic E-state index is -0.524. The molecule has 5 rings (SSSR count). The lowest BCUT2D eigenvalue weighted by Gasteiger charge is -2.29. The average molecular weight is 554 g/mol. The number of thiocarbonyl (C=S) groups is 1. The topological polar surface area (TPSA) is 63.6 Å². The van der Waals surface area contributed by atoms with Gasteiger partial charge < -0.3 is 9.30 Å². The van der Waals surface area contributed by atoms with Crippen LogP contribution in [0.4, 0.5) is 10.1 Å². The fraction of sp³-hybridized carbons (Fsp3) is 0.156. The minimum absolute atomic E-state index is 0.0120. The number of halogens is 1. The number of hydrogen-bond donors (Lipinski definition) is 1. The Morgan fingerprint density at radius 3 is 2.17 bits per heavy atom. The van der Waals surface area contributed by atoms with Crippen molar-refractivity contribution < 1.29 is 18.7 Å². The molecule has 1 saturated heterocycles. The van der Waals surface area contributed by atoms with E-state index in [4.69, 9.17) is 17.0 Å². The van der Waals surface area contributed by atoms with E-state index in [-0.39, 0.29) is 16.5 Å². The van der Waals surface area contributed by atoms with Gasteiger partial charge in [0.05, 0.1) is 5.69 Å². The normalized spacial score (nSPS) is 14.6. The number of nitrogens with one attached hydrogen (secondary N) is 1. The number of nitrogens with zero attached hydrogens (tertiary/aromatic N) is 2. The number of benzene rings is 3. The molecule has 0 atom stereocenters. The van der Waals surface area contributed by atoms with Crippen molar-refractivity contribution in [2.45, 2.75) is 33.8 Å². The summed E-state index contributed by atoms with van der Waals surface area (Å²) in [6, 6.07) is 23.3. The molecule has 202 valence electrons. The van der Waals surface area contributed by atoms with E-state index in [2.05, 4.69) is 12.2 Å². The van der Waals surface area contributed by atoms with E-state index in [9.17, 15) is 14.0 Å². The van der Waals surface area contributed by atoms with E-state index in [0.29, 0.717) is 18.0 Å². The number of anilines is 1. The Bertz CT molecular complexity index is 1620. The highest BCUT2D eigenvalue weighted by Crippen LogP contribution is 2.27. The first kappa shape index (κ1) is 27.0. The van der Waals surface area contributed by atoms with Crippen molar-refractivity contribution in [3.05, 3.63) is 118 Å². The first-order valence-corrected chi connectivity index (χ1v) is 13.3. The Labute approximate surface area is 237 Å². The number of aryl methyl sites for hydroxylation is 2. The molecule has 0 spiro atoms. The van der Waals surface area contributed by atoms with Crippen molar-refractivity contribution in [3.8, 4) is 11.4 Å². The highest BCUT2D eigenvalue weighted by atomic mass is 32.1. The van der Waals surface area contributed by atoms with E-state index in [1.165, 1.54) is 17.0 Å². The fourth-order valence-corrected chi connectivity index (χ4v) is 4.98. The standard InChI is InChI=1S/C32H28FN3O3S/c1-4-22-7-11-27(12-8-22)36-31(38)29(30(37)34-32(36)40)18-24-17-20(2)35(21(24)3)26-13-15-28(16-14-26)39-19-23-5-9-25(33)10-6-23/h5-18H,4,19H2,1-3H3,(H,34,37,40)/b29-18+. The van der Waals surface area contributed by atoms with Gasteiger partial charge in [-0.2, -0.15) is 0 Å². The molecule has 2 heterocycles. The van der Waals surface area contributed by atoms with Gasteiger partial charge in [-0.3, -0.25) is 19.8 Å². The van der Waals surface area contributed by atoms with Crippen LogP contribution in [0.2, 0.25) is 0 Å². The number of hydrogen-bond acceptors (Lipinski definition) is 4. The molecule has 2 amide bonds. The van der Waals surface area contributed by atoms with Crippen molar-refractivity contribution in [1.82, 2.24) is 9.88 Å². The molecule has 0 radical (unpaired) electrons. The molecule has 0 aliphatic carbocycles. The van der Waals surface area contributed by atoms with E-state index in [1.807, 2.05) is 73.0 Å². The van der Waals surface area contributed by atoms with Crippen molar-refractivity contribution in [3.63, 3.8) is 0 Å². The molecule has 1 aromatic heterocycles. The molecular formula is C32H28FN3O3S. The molecule has 40 heavy (non-hydrogen) atoms. The number of ether oxygens (including phenoxy) is 1. The van der Waals surface area contributed by atoms with Crippen LogP contribution in [0.5, 0.6) is 5.75 Å². The SMILES string of the molecule is CCc1ccc(N2C(=O)/C(=C/c3cc(C)n(-c4ccc(OCc5ccc(F)cc5)cc4)c3C)C(=O)NC2=S)cc1. The molecule has 0 bridgehead atoms. The Morgan fingerprint density at radius 1 is 0.900 bits per heavy atom. The van der Waals surface area contributed by atoms with Crippen LogP contribution < -0.4 is 15.0 Å². The number of aromatic nitrogens is 1. The van der Waals surface area contributed by atoms with Crippen LogP contribution in [0.25, 0.3) is 11.8 Å². The van der Waals surface area contributed by atoms with Gasteiger partial charge in [0, 0.05) is 17.1 Å². The molecule has 1 fully saturated rings. The predicted molar refractivity (Wildman–Crippen MR) is 158 cm³/mol. The van der Waals surface area contributed by atoms with Gasteiger partial charge >= 0.3 is 0 Å². The third kappa shape index (κ3) is 5.44.